The number of aryl methyl sites for hydroxylation is 1. The van der Waals surface area contributed by atoms with Crippen LogP contribution in [0.5, 0.6) is 5.75 Å². The first kappa shape index (κ1) is 28.1. The fourth-order valence-corrected chi connectivity index (χ4v) is 7.58. The first-order valence-electron chi connectivity index (χ1n) is 13.9. The molecule has 1 aromatic heterocycles. The van der Waals surface area contributed by atoms with Crippen molar-refractivity contribution in [3.63, 3.8) is 0 Å². The minimum Gasteiger partial charge on any atom is -0.492 e. The van der Waals surface area contributed by atoms with Crippen LogP contribution in [0.1, 0.15) is 52.9 Å². The summed E-state index contributed by atoms with van der Waals surface area (Å²) < 4.78 is 36.8. The van der Waals surface area contributed by atoms with Gasteiger partial charge in [0, 0.05) is 56.8 Å². The predicted molar refractivity (Wildman–Crippen MR) is 148 cm³/mol. The highest BCUT2D eigenvalue weighted by atomic mass is 32.2. The zero-order chi connectivity index (χ0) is 28.0. The Hall–Kier alpha value is -2.47. The topological polar surface area (TPSA) is 117 Å². The number of hydrogen-bond donors (Lipinski definition) is 2. The van der Waals surface area contributed by atoms with E-state index in [0.29, 0.717) is 6.42 Å². The molecule has 2 aromatic rings. The summed E-state index contributed by atoms with van der Waals surface area (Å²) in [6.07, 6.45) is 5.93. The van der Waals surface area contributed by atoms with Crippen molar-refractivity contribution < 1.29 is 23.1 Å². The summed E-state index contributed by atoms with van der Waals surface area (Å²) in [4.78, 5) is 16.1. The monoisotopic (exact) mass is 559 g/mol. The normalized spacial score (nSPS) is 25.8. The Morgan fingerprint density at radius 3 is 2.59 bits per heavy atom. The Labute approximate surface area is 231 Å². The number of rotatable bonds is 3. The molecular formula is C28H41N5O5S. The van der Waals surface area contributed by atoms with Gasteiger partial charge in [-0.15, -0.1) is 0 Å². The molecule has 39 heavy (non-hydrogen) atoms. The summed E-state index contributed by atoms with van der Waals surface area (Å²) in [6, 6.07) is 4.03. The van der Waals surface area contributed by atoms with Gasteiger partial charge in [0.2, 0.25) is 15.9 Å². The Morgan fingerprint density at radius 2 is 1.92 bits per heavy atom. The van der Waals surface area contributed by atoms with Gasteiger partial charge in [-0.25, -0.2) is 8.42 Å². The van der Waals surface area contributed by atoms with Gasteiger partial charge in [0.15, 0.2) is 0 Å². The van der Waals surface area contributed by atoms with Crippen molar-refractivity contribution in [1.82, 2.24) is 24.3 Å². The van der Waals surface area contributed by atoms with Crippen LogP contribution in [0.15, 0.2) is 35.5 Å². The van der Waals surface area contributed by atoms with Gasteiger partial charge < -0.3 is 20.1 Å². The van der Waals surface area contributed by atoms with Gasteiger partial charge in [-0.1, -0.05) is 26.8 Å². The van der Waals surface area contributed by atoms with Gasteiger partial charge in [-0.3, -0.25) is 9.48 Å². The average Bonchev–Trinajstić information content (AvgIpc) is 3.48. The number of aliphatic hydroxyl groups excluding tert-OH is 1. The molecule has 1 amide bonds. The number of amides is 1. The summed E-state index contributed by atoms with van der Waals surface area (Å²) in [5.41, 5.74) is 1.40. The number of fused-ring (bicyclic) bond motifs is 2. The third-order valence-electron chi connectivity index (χ3n) is 8.32. The fraction of sp³-hybridized carbons (Fsp3) is 0.643. The standard InChI is InChI=1S/C28H41N5O5S/c1-27(2,3)7-11-32-12-8-28(9-13-32)10-14-38-24-15-20(21-17-29-31(4)18-21)5-6-25(24)39(36,37)33-19-22(34)16-23(33)26(35)30-28/h5-6,15,17-18,22-23,34H,7-14,16,19H2,1-4H3,(H,30,35)/t22-,23+/m1/s1. The summed E-state index contributed by atoms with van der Waals surface area (Å²) in [6.45, 7) is 9.59. The van der Waals surface area contributed by atoms with Crippen molar-refractivity contribution in [2.24, 2.45) is 12.5 Å². The average molecular weight is 560 g/mol. The molecule has 0 saturated carbocycles. The van der Waals surface area contributed by atoms with Gasteiger partial charge in [-0.2, -0.15) is 9.40 Å². The number of benzene rings is 1. The number of likely N-dealkylation sites (tertiary alicyclic amines) is 1. The minimum atomic E-state index is -4.11. The zero-order valence-electron chi connectivity index (χ0n) is 23.4. The lowest BCUT2D eigenvalue weighted by Gasteiger charge is -2.43. The lowest BCUT2D eigenvalue weighted by molar-refractivity contribution is -0.127. The molecule has 0 radical (unpaired) electrons. The van der Waals surface area contributed by atoms with Gasteiger partial charge in [0.05, 0.1) is 18.9 Å². The van der Waals surface area contributed by atoms with Crippen LogP contribution in [0.4, 0.5) is 0 Å². The van der Waals surface area contributed by atoms with Crippen LogP contribution >= 0.6 is 0 Å². The highest BCUT2D eigenvalue weighted by Gasteiger charge is 2.47. The molecule has 2 saturated heterocycles. The number of piperidine rings is 1. The molecule has 10 nitrogen and oxygen atoms in total. The van der Waals surface area contributed by atoms with Crippen molar-refractivity contribution >= 4 is 15.9 Å². The van der Waals surface area contributed by atoms with Crippen molar-refractivity contribution in [3.8, 4) is 16.9 Å². The van der Waals surface area contributed by atoms with Crippen molar-refractivity contribution in [2.75, 3.05) is 32.8 Å². The molecular weight excluding hydrogens is 518 g/mol. The van der Waals surface area contributed by atoms with E-state index in [1.165, 1.54) is 6.07 Å². The second kappa shape index (κ2) is 10.5. The van der Waals surface area contributed by atoms with Crippen LogP contribution in [0.25, 0.3) is 11.1 Å². The molecule has 1 aromatic carbocycles. The number of carbonyl (C=O) groups is 1. The number of aromatic nitrogens is 2. The first-order valence-corrected chi connectivity index (χ1v) is 15.3. The molecule has 11 heteroatoms. The minimum absolute atomic E-state index is 0.00925. The third-order valence-corrected chi connectivity index (χ3v) is 10.2. The maximum absolute atomic E-state index is 13.9. The summed E-state index contributed by atoms with van der Waals surface area (Å²) in [7, 11) is -2.28. The van der Waals surface area contributed by atoms with E-state index >= 15 is 0 Å². The molecule has 2 N–H and O–H groups in total. The number of sulfonamides is 1. The summed E-state index contributed by atoms with van der Waals surface area (Å²) >= 11 is 0. The summed E-state index contributed by atoms with van der Waals surface area (Å²) in [5.74, 6) is -0.0858. The van der Waals surface area contributed by atoms with Crippen molar-refractivity contribution in [2.45, 2.75) is 75.5 Å². The van der Waals surface area contributed by atoms with Gasteiger partial charge >= 0.3 is 0 Å². The molecule has 5 rings (SSSR count). The molecule has 214 valence electrons. The predicted octanol–water partition coefficient (Wildman–Crippen LogP) is 2.38. The lowest BCUT2D eigenvalue weighted by Crippen LogP contribution is -2.59. The molecule has 3 aliphatic rings. The summed E-state index contributed by atoms with van der Waals surface area (Å²) in [5, 5.41) is 17.9. The van der Waals surface area contributed by atoms with Gasteiger partial charge in [-0.05, 0) is 48.9 Å². The Morgan fingerprint density at radius 1 is 1.18 bits per heavy atom. The van der Waals surface area contributed by atoms with Crippen LogP contribution in [0.2, 0.25) is 0 Å². The second-order valence-electron chi connectivity index (χ2n) is 12.6. The van der Waals surface area contributed by atoms with E-state index < -0.39 is 27.7 Å². The second-order valence-corrected chi connectivity index (χ2v) is 14.4. The van der Waals surface area contributed by atoms with E-state index in [2.05, 4.69) is 36.1 Å². The number of aliphatic hydroxyl groups is 1. The van der Waals surface area contributed by atoms with Crippen LogP contribution in [-0.2, 0) is 21.9 Å². The quantitative estimate of drug-likeness (QED) is 0.593. The number of nitrogens with one attached hydrogen (secondary N) is 1. The van der Waals surface area contributed by atoms with E-state index in [9.17, 15) is 18.3 Å². The SMILES string of the molecule is Cn1cc(-c2ccc3c(c2)OCCC2(CCN(CCC(C)(C)C)CC2)NC(=O)[C@@H]2C[C@@H](O)CN2S3(=O)=O)cn1. The molecule has 2 atom stereocenters. The maximum Gasteiger partial charge on any atom is 0.247 e. The van der Waals surface area contributed by atoms with Crippen LogP contribution < -0.4 is 10.1 Å². The zero-order valence-corrected chi connectivity index (χ0v) is 24.2. The van der Waals surface area contributed by atoms with Crippen molar-refractivity contribution in [1.29, 1.82) is 0 Å². The Kier molecular flexibility index (Phi) is 7.56. The molecule has 0 bridgehead atoms. The van der Waals surface area contributed by atoms with Gasteiger partial charge in [0.25, 0.3) is 0 Å². The third kappa shape index (κ3) is 6.01. The van der Waals surface area contributed by atoms with Crippen LogP contribution in [0, 0.1) is 5.41 Å². The van der Waals surface area contributed by atoms with Crippen LogP contribution in [-0.4, -0.2) is 88.9 Å². The van der Waals surface area contributed by atoms with E-state index in [-0.39, 0.29) is 41.5 Å². The number of nitrogens with zero attached hydrogens (tertiary/aromatic N) is 4. The number of hydrogen-bond acceptors (Lipinski definition) is 7. The van der Waals surface area contributed by atoms with E-state index in [1.807, 2.05) is 13.2 Å². The molecule has 1 spiro atoms. The maximum atomic E-state index is 13.9. The molecule has 3 aliphatic heterocycles. The van der Waals surface area contributed by atoms with Crippen LogP contribution in [0.3, 0.4) is 0 Å². The molecule has 2 fully saturated rings. The molecule has 0 unspecified atom stereocenters. The fourth-order valence-electron chi connectivity index (χ4n) is 5.84. The highest BCUT2D eigenvalue weighted by Crippen LogP contribution is 2.37. The van der Waals surface area contributed by atoms with Crippen molar-refractivity contribution in [3.05, 3.63) is 30.6 Å². The lowest BCUT2D eigenvalue weighted by atomic mass is 9.83. The van der Waals surface area contributed by atoms with Gasteiger partial charge in [0.1, 0.15) is 16.7 Å². The smallest absolute Gasteiger partial charge is 0.247 e. The Bertz CT molecular complexity index is 1310. The number of carbonyl (C=O) groups excluding carboxylic acids is 1. The largest absolute Gasteiger partial charge is 0.492 e. The molecule has 0 aliphatic carbocycles. The highest BCUT2D eigenvalue weighted by molar-refractivity contribution is 7.89. The van der Waals surface area contributed by atoms with E-state index in [1.54, 1.807) is 23.0 Å². The number of ether oxygens (including phenoxy) is 1. The Balaban J connectivity index is 1.46. The first-order chi connectivity index (χ1) is 18.4. The van der Waals surface area contributed by atoms with E-state index in [0.717, 1.165) is 54.3 Å². The molecule has 4 heterocycles. The van der Waals surface area contributed by atoms with E-state index in [4.69, 9.17) is 4.74 Å².